The van der Waals surface area contributed by atoms with Crippen LogP contribution in [-0.4, -0.2) is 33.6 Å². The minimum Gasteiger partial charge on any atom is -0.337 e. The van der Waals surface area contributed by atoms with Crippen LogP contribution in [0.4, 0.5) is 0 Å². The van der Waals surface area contributed by atoms with E-state index in [0.717, 1.165) is 35.5 Å². The summed E-state index contributed by atoms with van der Waals surface area (Å²) in [7, 11) is 2.03. The molecule has 5 nitrogen and oxygen atoms in total. The molecule has 4 atom stereocenters. The molecule has 27 heavy (non-hydrogen) atoms. The molecule has 5 heteroatoms. The number of nitrogens with zero attached hydrogens (tertiary/aromatic N) is 3. The summed E-state index contributed by atoms with van der Waals surface area (Å²) in [6.07, 6.45) is 5.74. The number of aliphatic imine (C=N–C) groups is 1. The number of imidazole rings is 1. The number of hydrogen-bond donors (Lipinski definition) is 1. The van der Waals surface area contributed by atoms with Crippen LogP contribution in [-0.2, 0) is 11.8 Å². The predicted molar refractivity (Wildman–Crippen MR) is 105 cm³/mol. The van der Waals surface area contributed by atoms with Gasteiger partial charge in [-0.1, -0.05) is 37.3 Å². The van der Waals surface area contributed by atoms with Crippen LogP contribution < -0.4 is 5.32 Å². The molecule has 0 bridgehead atoms. The summed E-state index contributed by atoms with van der Waals surface area (Å²) in [5.41, 5.74) is 4.47. The Morgan fingerprint density at radius 3 is 2.78 bits per heavy atom. The molecule has 2 aliphatic heterocycles. The highest BCUT2D eigenvalue weighted by atomic mass is 16.1. The van der Waals surface area contributed by atoms with Crippen LogP contribution in [0.15, 0.2) is 58.9 Å². The lowest BCUT2D eigenvalue weighted by molar-refractivity contribution is -0.114. The van der Waals surface area contributed by atoms with Crippen LogP contribution in [0.1, 0.15) is 43.1 Å². The molecule has 1 fully saturated rings. The van der Waals surface area contributed by atoms with Crippen molar-refractivity contribution in [2.24, 2.45) is 18.0 Å². The zero-order valence-corrected chi connectivity index (χ0v) is 15.7. The van der Waals surface area contributed by atoms with Gasteiger partial charge in [-0.25, -0.2) is 4.98 Å². The van der Waals surface area contributed by atoms with Crippen molar-refractivity contribution in [2.45, 2.75) is 37.8 Å². The molecule has 4 unspecified atom stereocenters. The maximum absolute atomic E-state index is 12.6. The van der Waals surface area contributed by atoms with Crippen molar-refractivity contribution in [3.8, 4) is 0 Å². The summed E-state index contributed by atoms with van der Waals surface area (Å²) in [5.74, 6) is 1.71. The third-order valence-corrected chi connectivity index (χ3v) is 6.17. The van der Waals surface area contributed by atoms with E-state index < -0.39 is 0 Å². The van der Waals surface area contributed by atoms with E-state index in [9.17, 15) is 4.79 Å². The molecule has 2 aromatic rings. The number of carbonyl (C=O) groups is 1. The number of carbonyl (C=O) groups excluding carboxylic acids is 1. The standard InChI is InChI=1S/C22H24N4O/c1-13-10-15-17(27)12-24-21-18(15)16(11-13)25-20(14-6-4-3-5-7-14)19(21)22-23-8-9-26(22)2/h3-9,13,16,19-20,25H,10-12H2,1-2H3. The van der Waals surface area contributed by atoms with Crippen LogP contribution in [0.25, 0.3) is 0 Å². The topological polar surface area (TPSA) is 59.3 Å². The lowest BCUT2D eigenvalue weighted by atomic mass is 9.69. The van der Waals surface area contributed by atoms with Gasteiger partial charge in [0, 0.05) is 37.1 Å². The second-order valence-corrected chi connectivity index (χ2v) is 8.04. The fourth-order valence-electron chi connectivity index (χ4n) is 4.99. The maximum Gasteiger partial charge on any atom is 0.180 e. The van der Waals surface area contributed by atoms with Crippen molar-refractivity contribution in [3.05, 3.63) is 65.3 Å². The van der Waals surface area contributed by atoms with Crippen LogP contribution >= 0.6 is 0 Å². The van der Waals surface area contributed by atoms with Gasteiger partial charge in [0.1, 0.15) is 12.4 Å². The van der Waals surface area contributed by atoms with E-state index in [1.54, 1.807) is 0 Å². The highest BCUT2D eigenvalue weighted by Gasteiger charge is 2.46. The molecule has 0 radical (unpaired) electrons. The smallest absolute Gasteiger partial charge is 0.180 e. The zero-order chi connectivity index (χ0) is 18.5. The summed E-state index contributed by atoms with van der Waals surface area (Å²) in [6, 6.07) is 10.8. The number of piperidine rings is 1. The molecule has 3 heterocycles. The Hall–Kier alpha value is -2.53. The van der Waals surface area contributed by atoms with Gasteiger partial charge in [0.25, 0.3) is 0 Å². The molecule has 1 saturated heterocycles. The Kier molecular flexibility index (Phi) is 3.86. The number of benzene rings is 1. The number of hydrogen-bond acceptors (Lipinski definition) is 4. The van der Waals surface area contributed by atoms with Crippen LogP contribution in [0.3, 0.4) is 0 Å². The summed E-state index contributed by atoms with van der Waals surface area (Å²) >= 11 is 0. The van der Waals surface area contributed by atoms with Crippen molar-refractivity contribution in [3.63, 3.8) is 0 Å². The van der Waals surface area contributed by atoms with E-state index in [0.29, 0.717) is 5.92 Å². The number of dihydropyridines is 1. The fourth-order valence-corrected chi connectivity index (χ4v) is 4.99. The highest BCUT2D eigenvalue weighted by Crippen LogP contribution is 2.45. The molecular formula is C22H24N4O. The number of aryl methyl sites for hydroxylation is 1. The lowest BCUT2D eigenvalue weighted by Gasteiger charge is -2.45. The van der Waals surface area contributed by atoms with Crippen LogP contribution in [0.2, 0.25) is 0 Å². The van der Waals surface area contributed by atoms with Crippen LogP contribution in [0, 0.1) is 5.92 Å². The number of aromatic nitrogens is 2. The number of rotatable bonds is 2. The van der Waals surface area contributed by atoms with Gasteiger partial charge in [-0.05, 0) is 29.9 Å². The first-order valence-electron chi connectivity index (χ1n) is 9.72. The first-order valence-corrected chi connectivity index (χ1v) is 9.72. The fraction of sp³-hybridized carbons (Fsp3) is 0.409. The summed E-state index contributed by atoms with van der Waals surface area (Å²) in [4.78, 5) is 22.1. The summed E-state index contributed by atoms with van der Waals surface area (Å²) < 4.78 is 2.08. The highest BCUT2D eigenvalue weighted by molar-refractivity contribution is 6.17. The molecule has 138 valence electrons. The largest absolute Gasteiger partial charge is 0.337 e. The van der Waals surface area contributed by atoms with Gasteiger partial charge in [-0.15, -0.1) is 0 Å². The molecule has 0 amide bonds. The van der Waals surface area contributed by atoms with Gasteiger partial charge in [0.15, 0.2) is 5.78 Å². The van der Waals surface area contributed by atoms with E-state index in [-0.39, 0.29) is 30.3 Å². The number of ketones is 1. The summed E-state index contributed by atoms with van der Waals surface area (Å²) in [5, 5.41) is 3.87. The van der Waals surface area contributed by atoms with E-state index >= 15 is 0 Å². The number of Topliss-reactive ketones (excluding diaryl/α,β-unsaturated/α-hetero) is 1. The molecule has 0 spiro atoms. The Morgan fingerprint density at radius 1 is 1.22 bits per heavy atom. The average molecular weight is 360 g/mol. The van der Waals surface area contributed by atoms with Crippen molar-refractivity contribution in [1.29, 1.82) is 0 Å². The third-order valence-electron chi connectivity index (χ3n) is 6.17. The van der Waals surface area contributed by atoms with Gasteiger partial charge in [0.2, 0.25) is 0 Å². The van der Waals surface area contributed by atoms with Crippen LogP contribution in [0.5, 0.6) is 0 Å². The molecular weight excluding hydrogens is 336 g/mol. The van der Waals surface area contributed by atoms with E-state index in [1.165, 1.54) is 5.56 Å². The van der Waals surface area contributed by atoms with Crippen molar-refractivity contribution in [2.75, 3.05) is 6.54 Å². The second-order valence-electron chi connectivity index (χ2n) is 8.04. The molecule has 5 rings (SSSR count). The second kappa shape index (κ2) is 6.27. The molecule has 3 aliphatic rings. The zero-order valence-electron chi connectivity index (χ0n) is 15.7. The van der Waals surface area contributed by atoms with Crippen molar-refractivity contribution >= 4 is 11.5 Å². The monoisotopic (exact) mass is 360 g/mol. The Morgan fingerprint density at radius 2 is 2.04 bits per heavy atom. The molecule has 1 N–H and O–H groups in total. The minimum atomic E-state index is 0.00940. The minimum absolute atomic E-state index is 0.00940. The molecule has 1 aromatic carbocycles. The van der Waals surface area contributed by atoms with Gasteiger partial charge < -0.3 is 9.88 Å². The van der Waals surface area contributed by atoms with Gasteiger partial charge in [-0.2, -0.15) is 0 Å². The quantitative estimate of drug-likeness (QED) is 0.896. The normalized spacial score (nSPS) is 30.1. The molecule has 0 saturated carbocycles. The average Bonchev–Trinajstić information content (AvgIpc) is 3.10. The summed E-state index contributed by atoms with van der Waals surface area (Å²) in [6.45, 7) is 2.52. The van der Waals surface area contributed by atoms with Crippen molar-refractivity contribution < 1.29 is 4.79 Å². The predicted octanol–water partition coefficient (Wildman–Crippen LogP) is 2.97. The first kappa shape index (κ1) is 16.6. The Bertz CT molecular complexity index is 956. The molecule has 1 aliphatic carbocycles. The lowest BCUT2D eigenvalue weighted by Crippen LogP contribution is -2.52. The van der Waals surface area contributed by atoms with E-state index in [2.05, 4.69) is 46.1 Å². The number of nitrogens with one attached hydrogen (secondary N) is 1. The maximum atomic E-state index is 12.6. The first-order chi connectivity index (χ1) is 13.1. The van der Waals surface area contributed by atoms with E-state index in [4.69, 9.17) is 4.99 Å². The Balaban J connectivity index is 1.70. The SMILES string of the molecule is CC1CC2=C3C(=NCC2=O)C(c2nccn2C)C(c2ccccc2)NC3C1. The Labute approximate surface area is 159 Å². The van der Waals surface area contributed by atoms with Gasteiger partial charge >= 0.3 is 0 Å². The van der Waals surface area contributed by atoms with Gasteiger partial charge in [0.05, 0.1) is 11.6 Å². The third kappa shape index (κ3) is 2.60. The van der Waals surface area contributed by atoms with E-state index in [1.807, 2.05) is 25.5 Å². The molecule has 1 aromatic heterocycles. The van der Waals surface area contributed by atoms with Gasteiger partial charge in [-0.3, -0.25) is 9.79 Å². The van der Waals surface area contributed by atoms with Crippen molar-refractivity contribution in [1.82, 2.24) is 14.9 Å².